The Morgan fingerprint density at radius 2 is 1.79 bits per heavy atom. The van der Waals surface area contributed by atoms with Crippen LogP contribution in [-0.4, -0.2) is 41.0 Å². The smallest absolute Gasteiger partial charge is 0.416 e. The maximum atomic E-state index is 12.9. The first-order chi connectivity index (χ1) is 15.8. The lowest BCUT2D eigenvalue weighted by atomic mass is 10.1. The molecule has 1 N–H and O–H groups in total. The first-order valence-electron chi connectivity index (χ1n) is 10.8. The Morgan fingerprint density at radius 1 is 1.03 bits per heavy atom. The summed E-state index contributed by atoms with van der Waals surface area (Å²) in [4.78, 5) is 15.2. The minimum atomic E-state index is -4.39. The molecule has 0 atom stereocenters. The van der Waals surface area contributed by atoms with E-state index >= 15 is 0 Å². The van der Waals surface area contributed by atoms with Crippen molar-refractivity contribution in [1.82, 2.24) is 9.55 Å². The van der Waals surface area contributed by atoms with Crippen molar-refractivity contribution in [2.45, 2.75) is 44.8 Å². The van der Waals surface area contributed by atoms with E-state index in [1.54, 1.807) is 7.11 Å². The van der Waals surface area contributed by atoms with Gasteiger partial charge in [-0.25, -0.2) is 4.98 Å². The van der Waals surface area contributed by atoms with Gasteiger partial charge in [-0.2, -0.15) is 13.2 Å². The zero-order valence-corrected chi connectivity index (χ0v) is 18.4. The third kappa shape index (κ3) is 6.71. The SMILES string of the molecule is COCCCn1c(-c2ccc(C(F)(F)F)cc2)nc2ccc(OCCCCCC(=O)O)cc21. The standard InChI is InChI=1S/C24H27F3N2O4/c1-32-14-5-13-29-21-16-19(33-15-4-2-3-6-22(30)31)11-12-20(21)28-23(29)17-7-9-18(10-8-17)24(25,26)27/h7-12,16H,2-6,13-15H2,1H3,(H,30,31). The Kier molecular flexibility index (Phi) is 8.32. The van der Waals surface area contributed by atoms with Crippen molar-refractivity contribution >= 4 is 17.0 Å². The highest BCUT2D eigenvalue weighted by Gasteiger charge is 2.30. The fourth-order valence-electron chi connectivity index (χ4n) is 3.56. The Bertz CT molecular complexity index is 1060. The van der Waals surface area contributed by atoms with Gasteiger partial charge in [0.25, 0.3) is 0 Å². The van der Waals surface area contributed by atoms with Gasteiger partial charge in [0.05, 0.1) is 23.2 Å². The monoisotopic (exact) mass is 464 g/mol. The van der Waals surface area contributed by atoms with Crippen LogP contribution in [0.2, 0.25) is 0 Å². The summed E-state index contributed by atoms with van der Waals surface area (Å²) in [5.41, 5.74) is 1.44. The van der Waals surface area contributed by atoms with E-state index in [1.807, 2.05) is 22.8 Å². The van der Waals surface area contributed by atoms with Crippen molar-refractivity contribution < 1.29 is 32.5 Å². The lowest BCUT2D eigenvalue weighted by Crippen LogP contribution is -2.06. The molecule has 0 saturated heterocycles. The van der Waals surface area contributed by atoms with Gasteiger partial charge in [-0.05, 0) is 49.9 Å². The van der Waals surface area contributed by atoms with Crippen molar-refractivity contribution in [3.8, 4) is 17.1 Å². The number of benzene rings is 2. The number of nitrogens with zero attached hydrogens (tertiary/aromatic N) is 2. The van der Waals surface area contributed by atoms with E-state index in [0.717, 1.165) is 36.0 Å². The van der Waals surface area contributed by atoms with Gasteiger partial charge in [-0.15, -0.1) is 0 Å². The summed E-state index contributed by atoms with van der Waals surface area (Å²) >= 11 is 0. The number of fused-ring (bicyclic) bond motifs is 1. The van der Waals surface area contributed by atoms with E-state index in [0.29, 0.717) is 49.7 Å². The number of aryl methyl sites for hydroxylation is 1. The molecule has 0 bridgehead atoms. The molecule has 0 fully saturated rings. The molecule has 0 aliphatic heterocycles. The van der Waals surface area contributed by atoms with Crippen LogP contribution < -0.4 is 4.74 Å². The Balaban J connectivity index is 1.81. The summed E-state index contributed by atoms with van der Waals surface area (Å²) < 4.78 is 51.8. The number of rotatable bonds is 12. The van der Waals surface area contributed by atoms with Crippen LogP contribution in [-0.2, 0) is 22.3 Å². The molecule has 9 heteroatoms. The number of carbonyl (C=O) groups is 1. The van der Waals surface area contributed by atoms with E-state index in [9.17, 15) is 18.0 Å². The number of carboxylic acid groups (broad SMARTS) is 1. The predicted molar refractivity (Wildman–Crippen MR) is 118 cm³/mol. The molecule has 0 aliphatic rings. The summed E-state index contributed by atoms with van der Waals surface area (Å²) in [5.74, 6) is 0.445. The second-order valence-electron chi connectivity index (χ2n) is 7.71. The fraction of sp³-hybridized carbons (Fsp3) is 0.417. The van der Waals surface area contributed by atoms with Crippen LogP contribution in [0.3, 0.4) is 0 Å². The van der Waals surface area contributed by atoms with Crippen LogP contribution in [0.4, 0.5) is 13.2 Å². The van der Waals surface area contributed by atoms with Crippen LogP contribution in [0.5, 0.6) is 5.75 Å². The molecule has 3 rings (SSSR count). The van der Waals surface area contributed by atoms with Gasteiger partial charge in [-0.3, -0.25) is 4.79 Å². The first kappa shape index (κ1) is 24.6. The molecular formula is C24H27F3N2O4. The third-order valence-corrected chi connectivity index (χ3v) is 5.22. The molecule has 1 heterocycles. The molecule has 6 nitrogen and oxygen atoms in total. The fourth-order valence-corrected chi connectivity index (χ4v) is 3.56. The summed E-state index contributed by atoms with van der Waals surface area (Å²) in [6.07, 6.45) is -1.40. The van der Waals surface area contributed by atoms with Crippen LogP contribution >= 0.6 is 0 Å². The summed E-state index contributed by atoms with van der Waals surface area (Å²) in [6, 6.07) is 10.5. The average molecular weight is 464 g/mol. The molecule has 0 unspecified atom stereocenters. The molecule has 33 heavy (non-hydrogen) atoms. The van der Waals surface area contributed by atoms with Gasteiger partial charge >= 0.3 is 12.1 Å². The average Bonchev–Trinajstić information content (AvgIpc) is 3.13. The van der Waals surface area contributed by atoms with Gasteiger partial charge in [0.2, 0.25) is 0 Å². The van der Waals surface area contributed by atoms with Gasteiger partial charge in [-0.1, -0.05) is 12.1 Å². The van der Waals surface area contributed by atoms with Crippen molar-refractivity contribution in [3.05, 3.63) is 48.0 Å². The van der Waals surface area contributed by atoms with Crippen molar-refractivity contribution in [1.29, 1.82) is 0 Å². The number of methoxy groups -OCH3 is 1. The zero-order valence-electron chi connectivity index (χ0n) is 18.4. The quantitative estimate of drug-likeness (QED) is 0.344. The molecule has 3 aromatic rings. The highest BCUT2D eigenvalue weighted by Crippen LogP contribution is 2.32. The number of imidazole rings is 1. The maximum Gasteiger partial charge on any atom is 0.416 e. The molecule has 2 aromatic carbocycles. The van der Waals surface area contributed by atoms with Crippen molar-refractivity contribution in [2.24, 2.45) is 0 Å². The number of carboxylic acids is 1. The van der Waals surface area contributed by atoms with Gasteiger partial charge < -0.3 is 19.1 Å². The third-order valence-electron chi connectivity index (χ3n) is 5.22. The number of halogens is 3. The molecule has 0 saturated carbocycles. The Hall–Kier alpha value is -3.07. The largest absolute Gasteiger partial charge is 0.494 e. The van der Waals surface area contributed by atoms with E-state index in [4.69, 9.17) is 14.6 Å². The lowest BCUT2D eigenvalue weighted by molar-refractivity contribution is -0.138. The lowest BCUT2D eigenvalue weighted by Gasteiger charge is -2.11. The van der Waals surface area contributed by atoms with Gasteiger partial charge in [0.15, 0.2) is 0 Å². The molecule has 178 valence electrons. The van der Waals surface area contributed by atoms with Crippen LogP contribution in [0.25, 0.3) is 22.4 Å². The summed E-state index contributed by atoms with van der Waals surface area (Å²) in [6.45, 7) is 1.59. The van der Waals surface area contributed by atoms with Crippen molar-refractivity contribution in [2.75, 3.05) is 20.3 Å². The molecule has 0 radical (unpaired) electrons. The minimum absolute atomic E-state index is 0.152. The van der Waals surface area contributed by atoms with Gasteiger partial charge in [0, 0.05) is 38.3 Å². The second kappa shape index (κ2) is 11.2. The summed E-state index contributed by atoms with van der Waals surface area (Å²) in [7, 11) is 1.62. The Labute approximate surface area is 190 Å². The van der Waals surface area contributed by atoms with Crippen LogP contribution in [0, 0.1) is 0 Å². The highest BCUT2D eigenvalue weighted by molar-refractivity contribution is 5.82. The topological polar surface area (TPSA) is 73.6 Å². The normalized spacial score (nSPS) is 11.8. The molecule has 0 aliphatic carbocycles. The molecule has 0 amide bonds. The number of ether oxygens (including phenoxy) is 2. The van der Waals surface area contributed by atoms with E-state index < -0.39 is 17.7 Å². The first-order valence-corrected chi connectivity index (χ1v) is 10.8. The molecule has 1 aromatic heterocycles. The summed E-state index contributed by atoms with van der Waals surface area (Å²) in [5, 5.41) is 8.69. The zero-order chi connectivity index (χ0) is 23.8. The number of unbranched alkanes of at least 4 members (excludes halogenated alkanes) is 2. The van der Waals surface area contributed by atoms with Gasteiger partial charge in [0.1, 0.15) is 11.6 Å². The predicted octanol–water partition coefficient (Wildman–Crippen LogP) is 5.78. The number of hydrogen-bond donors (Lipinski definition) is 1. The number of hydrogen-bond acceptors (Lipinski definition) is 4. The Morgan fingerprint density at radius 3 is 2.45 bits per heavy atom. The molecule has 0 spiro atoms. The van der Waals surface area contributed by atoms with Crippen LogP contribution in [0.1, 0.15) is 37.7 Å². The van der Waals surface area contributed by atoms with Crippen LogP contribution in [0.15, 0.2) is 42.5 Å². The minimum Gasteiger partial charge on any atom is -0.494 e. The van der Waals surface area contributed by atoms with E-state index in [1.165, 1.54) is 12.1 Å². The number of alkyl halides is 3. The maximum absolute atomic E-state index is 12.9. The molecular weight excluding hydrogens is 437 g/mol. The van der Waals surface area contributed by atoms with E-state index in [2.05, 4.69) is 4.98 Å². The number of aromatic nitrogens is 2. The number of aliphatic carboxylic acids is 1. The van der Waals surface area contributed by atoms with E-state index in [-0.39, 0.29) is 6.42 Å². The van der Waals surface area contributed by atoms with Crippen molar-refractivity contribution in [3.63, 3.8) is 0 Å². The highest BCUT2D eigenvalue weighted by atomic mass is 19.4. The second-order valence-corrected chi connectivity index (χ2v) is 7.71.